The summed E-state index contributed by atoms with van der Waals surface area (Å²) in [5.74, 6) is -1.89. The molecule has 7 nitrogen and oxygen atoms in total. The van der Waals surface area contributed by atoms with Crippen molar-refractivity contribution in [1.29, 1.82) is 0 Å². The van der Waals surface area contributed by atoms with Crippen LogP contribution in [-0.2, 0) is 25.7 Å². The summed E-state index contributed by atoms with van der Waals surface area (Å²) in [4.78, 5) is 38.0. The quantitative estimate of drug-likeness (QED) is 0.522. The highest BCUT2D eigenvalue weighted by atomic mass is 19.1. The van der Waals surface area contributed by atoms with Crippen molar-refractivity contribution in [2.75, 3.05) is 26.2 Å². The lowest BCUT2D eigenvalue weighted by Crippen LogP contribution is -2.43. The van der Waals surface area contributed by atoms with E-state index in [1.165, 1.54) is 24.3 Å². The number of nitrogens with zero attached hydrogens (tertiary/aromatic N) is 1. The fraction of sp³-hybridized carbons (Fsp3) is 0.348. The van der Waals surface area contributed by atoms with Crippen molar-refractivity contribution < 1.29 is 23.5 Å². The zero-order valence-electron chi connectivity index (χ0n) is 17.2. The molecule has 31 heavy (non-hydrogen) atoms. The van der Waals surface area contributed by atoms with Gasteiger partial charge >= 0.3 is 11.8 Å². The Morgan fingerprint density at radius 2 is 1.71 bits per heavy atom. The van der Waals surface area contributed by atoms with Gasteiger partial charge in [0.05, 0.1) is 13.2 Å². The smallest absolute Gasteiger partial charge is 0.309 e. The Hall–Kier alpha value is -3.26. The molecule has 1 heterocycles. The van der Waals surface area contributed by atoms with Gasteiger partial charge in [-0.2, -0.15) is 0 Å². The van der Waals surface area contributed by atoms with Gasteiger partial charge in [-0.15, -0.1) is 0 Å². The molecule has 0 saturated carbocycles. The molecule has 1 saturated heterocycles. The maximum absolute atomic E-state index is 12.9. The molecule has 0 aromatic heterocycles. The van der Waals surface area contributed by atoms with Crippen molar-refractivity contribution in [1.82, 2.24) is 15.5 Å². The molecule has 1 fully saturated rings. The number of amides is 3. The molecule has 1 unspecified atom stereocenters. The van der Waals surface area contributed by atoms with Crippen LogP contribution in [0.2, 0.25) is 0 Å². The van der Waals surface area contributed by atoms with Gasteiger partial charge in [0.15, 0.2) is 0 Å². The fourth-order valence-corrected chi connectivity index (χ4v) is 3.29. The lowest BCUT2D eigenvalue weighted by molar-refractivity contribution is -0.140. The van der Waals surface area contributed by atoms with Crippen molar-refractivity contribution in [3.8, 4) is 0 Å². The molecule has 0 spiro atoms. The van der Waals surface area contributed by atoms with Crippen LogP contribution >= 0.6 is 0 Å². The first-order valence-electron chi connectivity index (χ1n) is 10.3. The van der Waals surface area contributed by atoms with Gasteiger partial charge in [0.2, 0.25) is 5.91 Å². The van der Waals surface area contributed by atoms with Crippen LogP contribution in [0.3, 0.4) is 0 Å². The second kappa shape index (κ2) is 11.2. The summed E-state index contributed by atoms with van der Waals surface area (Å²) in [5.41, 5.74) is 1.73. The minimum atomic E-state index is -0.769. The summed E-state index contributed by atoms with van der Waals surface area (Å²) in [6, 6.07) is 15.4. The third-order valence-electron chi connectivity index (χ3n) is 5.02. The molecule has 0 bridgehead atoms. The maximum atomic E-state index is 12.9. The van der Waals surface area contributed by atoms with Gasteiger partial charge in [-0.3, -0.25) is 14.4 Å². The van der Waals surface area contributed by atoms with Crippen molar-refractivity contribution >= 4 is 17.7 Å². The predicted molar refractivity (Wildman–Crippen MR) is 112 cm³/mol. The second-order valence-electron chi connectivity index (χ2n) is 7.28. The predicted octanol–water partition coefficient (Wildman–Crippen LogP) is 1.94. The molecule has 2 N–H and O–H groups in total. The first-order chi connectivity index (χ1) is 15.0. The maximum Gasteiger partial charge on any atom is 0.309 e. The van der Waals surface area contributed by atoms with Gasteiger partial charge in [-0.25, -0.2) is 4.39 Å². The highest BCUT2D eigenvalue weighted by molar-refractivity contribution is 6.35. The minimum absolute atomic E-state index is 0.000702. The Balaban J connectivity index is 1.34. The van der Waals surface area contributed by atoms with Crippen LogP contribution < -0.4 is 10.6 Å². The van der Waals surface area contributed by atoms with Crippen LogP contribution in [0.25, 0.3) is 0 Å². The van der Waals surface area contributed by atoms with Crippen molar-refractivity contribution in [2.24, 2.45) is 0 Å². The lowest BCUT2D eigenvalue weighted by atomic mass is 10.1. The number of hydrogen-bond donors (Lipinski definition) is 2. The number of morpholine rings is 1. The van der Waals surface area contributed by atoms with Crippen LogP contribution in [0.4, 0.5) is 4.39 Å². The Morgan fingerprint density at radius 1 is 1.00 bits per heavy atom. The van der Waals surface area contributed by atoms with Gasteiger partial charge in [0, 0.05) is 26.1 Å². The van der Waals surface area contributed by atoms with Gasteiger partial charge in [-0.05, 0) is 29.7 Å². The average molecular weight is 427 g/mol. The van der Waals surface area contributed by atoms with Crippen LogP contribution in [0.5, 0.6) is 0 Å². The van der Waals surface area contributed by atoms with E-state index in [1.54, 1.807) is 4.90 Å². The molecule has 1 aliphatic rings. The largest absolute Gasteiger partial charge is 0.370 e. The van der Waals surface area contributed by atoms with Crippen molar-refractivity contribution in [3.05, 3.63) is 71.5 Å². The van der Waals surface area contributed by atoms with Crippen LogP contribution in [0.1, 0.15) is 30.1 Å². The van der Waals surface area contributed by atoms with E-state index in [-0.39, 0.29) is 37.3 Å². The van der Waals surface area contributed by atoms with E-state index in [0.717, 1.165) is 5.56 Å². The monoisotopic (exact) mass is 427 g/mol. The number of rotatable bonds is 7. The van der Waals surface area contributed by atoms with E-state index in [9.17, 15) is 18.8 Å². The van der Waals surface area contributed by atoms with E-state index in [2.05, 4.69) is 10.6 Å². The Kier molecular flexibility index (Phi) is 8.12. The van der Waals surface area contributed by atoms with Gasteiger partial charge in [-0.1, -0.05) is 42.5 Å². The molecule has 3 amide bonds. The number of carbonyl (C=O) groups excluding carboxylic acids is 3. The van der Waals surface area contributed by atoms with Crippen molar-refractivity contribution in [3.63, 3.8) is 0 Å². The normalized spacial score (nSPS) is 15.9. The van der Waals surface area contributed by atoms with E-state index >= 15 is 0 Å². The SMILES string of the molecule is O=C(NCCCC(=O)N1CCOC(c2ccccc2)C1)C(=O)NCc1ccc(F)cc1. The first-order valence-corrected chi connectivity index (χ1v) is 10.3. The molecule has 1 atom stereocenters. The van der Waals surface area contributed by atoms with Crippen LogP contribution in [0, 0.1) is 5.82 Å². The summed E-state index contributed by atoms with van der Waals surface area (Å²) >= 11 is 0. The minimum Gasteiger partial charge on any atom is -0.370 e. The van der Waals surface area contributed by atoms with Crippen LogP contribution in [-0.4, -0.2) is 48.9 Å². The van der Waals surface area contributed by atoms with E-state index in [4.69, 9.17) is 4.74 Å². The van der Waals surface area contributed by atoms with E-state index in [1.807, 2.05) is 30.3 Å². The van der Waals surface area contributed by atoms with Crippen LogP contribution in [0.15, 0.2) is 54.6 Å². The Labute approximate surface area is 180 Å². The number of hydrogen-bond acceptors (Lipinski definition) is 4. The number of ether oxygens (including phenoxy) is 1. The van der Waals surface area contributed by atoms with E-state index < -0.39 is 11.8 Å². The zero-order chi connectivity index (χ0) is 22.1. The highest BCUT2D eigenvalue weighted by Gasteiger charge is 2.25. The molecule has 2 aromatic rings. The molecule has 2 aromatic carbocycles. The summed E-state index contributed by atoms with van der Waals surface area (Å²) < 4.78 is 18.6. The molecular formula is C23H26FN3O4. The second-order valence-corrected chi connectivity index (χ2v) is 7.28. The molecular weight excluding hydrogens is 401 g/mol. The molecule has 3 rings (SSSR count). The topological polar surface area (TPSA) is 87.7 Å². The van der Waals surface area contributed by atoms with Gasteiger partial charge in [0.1, 0.15) is 11.9 Å². The number of benzene rings is 2. The molecule has 8 heteroatoms. The van der Waals surface area contributed by atoms with Gasteiger partial charge < -0.3 is 20.3 Å². The Morgan fingerprint density at radius 3 is 2.45 bits per heavy atom. The third-order valence-corrected chi connectivity index (χ3v) is 5.02. The summed E-state index contributed by atoms with van der Waals surface area (Å²) in [6.07, 6.45) is 0.575. The molecule has 164 valence electrons. The summed E-state index contributed by atoms with van der Waals surface area (Å²) in [6.45, 7) is 1.88. The highest BCUT2D eigenvalue weighted by Crippen LogP contribution is 2.22. The molecule has 0 radical (unpaired) electrons. The number of halogens is 1. The Bertz CT molecular complexity index is 889. The van der Waals surface area contributed by atoms with Gasteiger partial charge in [0.25, 0.3) is 0 Å². The van der Waals surface area contributed by atoms with E-state index in [0.29, 0.717) is 31.7 Å². The number of carbonyl (C=O) groups is 3. The zero-order valence-corrected chi connectivity index (χ0v) is 17.2. The third kappa shape index (κ3) is 6.89. The average Bonchev–Trinajstić information content (AvgIpc) is 2.81. The fourth-order valence-electron chi connectivity index (χ4n) is 3.29. The lowest BCUT2D eigenvalue weighted by Gasteiger charge is -2.33. The van der Waals surface area contributed by atoms with Crippen molar-refractivity contribution in [2.45, 2.75) is 25.5 Å². The standard InChI is InChI=1S/C23H26FN3O4/c24-19-10-8-17(9-11-19)15-26-23(30)22(29)25-12-4-7-21(28)27-13-14-31-20(16-27)18-5-2-1-3-6-18/h1-3,5-6,8-11,20H,4,7,12-16H2,(H,25,29)(H,26,30). The summed E-state index contributed by atoms with van der Waals surface area (Å²) in [7, 11) is 0. The number of nitrogens with one attached hydrogen (secondary N) is 2. The summed E-state index contributed by atoms with van der Waals surface area (Å²) in [5, 5.41) is 4.99. The molecule has 1 aliphatic heterocycles. The first kappa shape index (κ1) is 22.4. The molecule has 0 aliphatic carbocycles.